The summed E-state index contributed by atoms with van der Waals surface area (Å²) >= 11 is 0. The van der Waals surface area contributed by atoms with E-state index < -0.39 is 5.60 Å². The Labute approximate surface area is 110 Å². The summed E-state index contributed by atoms with van der Waals surface area (Å²) in [5, 5.41) is 20.4. The first-order chi connectivity index (χ1) is 8.49. The SMILES string of the molecule is CC(C)CN1[C@@H]2C[C@H](O)CC[C@@H]2C[C@H]1C1(O)CC1. The lowest BCUT2D eigenvalue weighted by molar-refractivity contribution is 0.00997. The molecule has 0 aromatic carbocycles. The Balaban J connectivity index is 1.78. The van der Waals surface area contributed by atoms with E-state index in [0.717, 1.165) is 45.1 Å². The lowest BCUT2D eigenvalue weighted by Crippen LogP contribution is -2.48. The van der Waals surface area contributed by atoms with Crippen molar-refractivity contribution in [2.75, 3.05) is 6.54 Å². The van der Waals surface area contributed by atoms with Gasteiger partial charge in [-0.2, -0.15) is 0 Å². The molecule has 0 bridgehead atoms. The second kappa shape index (κ2) is 4.46. The number of aliphatic hydroxyl groups excluding tert-OH is 1. The summed E-state index contributed by atoms with van der Waals surface area (Å²) in [4.78, 5) is 2.55. The van der Waals surface area contributed by atoms with E-state index in [4.69, 9.17) is 0 Å². The summed E-state index contributed by atoms with van der Waals surface area (Å²) in [6.07, 6.45) is 6.02. The number of likely N-dealkylation sites (tertiary alicyclic amines) is 1. The number of hydrogen-bond donors (Lipinski definition) is 2. The highest BCUT2D eigenvalue weighted by Crippen LogP contribution is 2.50. The molecule has 0 spiro atoms. The maximum absolute atomic E-state index is 10.5. The van der Waals surface area contributed by atoms with Gasteiger partial charge >= 0.3 is 0 Å². The van der Waals surface area contributed by atoms with Crippen LogP contribution in [0.2, 0.25) is 0 Å². The molecule has 2 saturated carbocycles. The molecule has 3 nitrogen and oxygen atoms in total. The van der Waals surface area contributed by atoms with Gasteiger partial charge < -0.3 is 10.2 Å². The zero-order chi connectivity index (χ0) is 12.9. The quantitative estimate of drug-likeness (QED) is 0.805. The van der Waals surface area contributed by atoms with Crippen molar-refractivity contribution < 1.29 is 10.2 Å². The van der Waals surface area contributed by atoms with Crippen LogP contribution in [0.25, 0.3) is 0 Å². The van der Waals surface area contributed by atoms with Crippen LogP contribution in [0.5, 0.6) is 0 Å². The van der Waals surface area contributed by atoms with Gasteiger partial charge in [-0.1, -0.05) is 13.8 Å². The van der Waals surface area contributed by atoms with Crippen LogP contribution in [0.4, 0.5) is 0 Å². The van der Waals surface area contributed by atoms with E-state index in [1.165, 1.54) is 0 Å². The Kier molecular flexibility index (Phi) is 3.20. The molecule has 3 aliphatic rings. The molecule has 1 heterocycles. The molecule has 0 radical (unpaired) electrons. The van der Waals surface area contributed by atoms with E-state index in [0.29, 0.717) is 23.9 Å². The lowest BCUT2D eigenvalue weighted by atomic mass is 9.83. The normalized spacial score (nSPS) is 43.2. The van der Waals surface area contributed by atoms with E-state index in [-0.39, 0.29) is 6.10 Å². The predicted molar refractivity (Wildman–Crippen MR) is 71.3 cm³/mol. The number of fused-ring (bicyclic) bond motifs is 1. The van der Waals surface area contributed by atoms with Crippen molar-refractivity contribution in [1.82, 2.24) is 4.90 Å². The summed E-state index contributed by atoms with van der Waals surface area (Å²) < 4.78 is 0. The Morgan fingerprint density at radius 3 is 2.56 bits per heavy atom. The summed E-state index contributed by atoms with van der Waals surface area (Å²) in [6.45, 7) is 5.57. The van der Waals surface area contributed by atoms with Crippen molar-refractivity contribution in [1.29, 1.82) is 0 Å². The standard InChI is InChI=1S/C15H27NO2/c1-10(2)9-16-13-8-12(17)4-3-11(13)7-14(16)15(18)5-6-15/h10-14,17-18H,3-9H2,1-2H3/t11-,12-,13-,14+/m1/s1. The number of hydrogen-bond acceptors (Lipinski definition) is 3. The second-order valence-corrected chi connectivity index (χ2v) is 7.24. The third-order valence-corrected chi connectivity index (χ3v) is 5.24. The average molecular weight is 253 g/mol. The van der Waals surface area contributed by atoms with Gasteiger partial charge in [0.2, 0.25) is 0 Å². The summed E-state index contributed by atoms with van der Waals surface area (Å²) in [5.41, 5.74) is -0.392. The van der Waals surface area contributed by atoms with Crippen molar-refractivity contribution >= 4 is 0 Å². The second-order valence-electron chi connectivity index (χ2n) is 7.24. The fraction of sp³-hybridized carbons (Fsp3) is 1.00. The third-order valence-electron chi connectivity index (χ3n) is 5.24. The zero-order valence-corrected chi connectivity index (χ0v) is 11.7. The van der Waals surface area contributed by atoms with Crippen LogP contribution in [0.15, 0.2) is 0 Å². The Morgan fingerprint density at radius 1 is 1.22 bits per heavy atom. The van der Waals surface area contributed by atoms with Crippen molar-refractivity contribution in [2.24, 2.45) is 11.8 Å². The van der Waals surface area contributed by atoms with Crippen molar-refractivity contribution in [3.05, 3.63) is 0 Å². The molecule has 0 aromatic rings. The first-order valence-corrected chi connectivity index (χ1v) is 7.66. The van der Waals surface area contributed by atoms with Gasteiger partial charge in [-0.3, -0.25) is 4.90 Å². The number of aliphatic hydroxyl groups is 2. The third kappa shape index (κ3) is 2.21. The monoisotopic (exact) mass is 253 g/mol. The molecule has 0 unspecified atom stereocenters. The smallest absolute Gasteiger partial charge is 0.0804 e. The summed E-state index contributed by atoms with van der Waals surface area (Å²) in [5.74, 6) is 1.34. The fourth-order valence-corrected chi connectivity index (χ4v) is 4.20. The van der Waals surface area contributed by atoms with Gasteiger partial charge in [0, 0.05) is 18.6 Å². The van der Waals surface area contributed by atoms with Crippen LogP contribution in [0.1, 0.15) is 52.4 Å². The van der Waals surface area contributed by atoms with E-state index in [2.05, 4.69) is 18.7 Å². The highest BCUT2D eigenvalue weighted by atomic mass is 16.3. The summed E-state index contributed by atoms with van der Waals surface area (Å²) in [7, 11) is 0. The van der Waals surface area contributed by atoms with Crippen LogP contribution in [0, 0.1) is 11.8 Å². The molecule has 3 fully saturated rings. The minimum absolute atomic E-state index is 0.117. The topological polar surface area (TPSA) is 43.7 Å². The first-order valence-electron chi connectivity index (χ1n) is 7.66. The molecule has 1 saturated heterocycles. The molecule has 1 aliphatic heterocycles. The van der Waals surface area contributed by atoms with Crippen molar-refractivity contribution in [3.63, 3.8) is 0 Å². The van der Waals surface area contributed by atoms with Gasteiger partial charge in [-0.05, 0) is 50.4 Å². The van der Waals surface area contributed by atoms with Crippen LogP contribution in [0.3, 0.4) is 0 Å². The molecule has 18 heavy (non-hydrogen) atoms. The lowest BCUT2D eigenvalue weighted by Gasteiger charge is -2.38. The van der Waals surface area contributed by atoms with Gasteiger partial charge in [0.15, 0.2) is 0 Å². The van der Waals surface area contributed by atoms with E-state index in [1.54, 1.807) is 0 Å². The Hall–Kier alpha value is -0.120. The van der Waals surface area contributed by atoms with Crippen molar-refractivity contribution in [2.45, 2.75) is 76.2 Å². The van der Waals surface area contributed by atoms with Crippen LogP contribution < -0.4 is 0 Å². The van der Waals surface area contributed by atoms with E-state index >= 15 is 0 Å². The van der Waals surface area contributed by atoms with Crippen molar-refractivity contribution in [3.8, 4) is 0 Å². The zero-order valence-electron chi connectivity index (χ0n) is 11.7. The minimum atomic E-state index is -0.392. The maximum atomic E-state index is 10.5. The Morgan fingerprint density at radius 2 is 1.94 bits per heavy atom. The van der Waals surface area contributed by atoms with E-state index in [9.17, 15) is 10.2 Å². The molecule has 0 amide bonds. The molecule has 4 atom stereocenters. The van der Waals surface area contributed by atoms with E-state index in [1.807, 2.05) is 0 Å². The largest absolute Gasteiger partial charge is 0.393 e. The number of nitrogens with zero attached hydrogens (tertiary/aromatic N) is 1. The average Bonchev–Trinajstić information content (AvgIpc) is 2.94. The predicted octanol–water partition coefficient (Wildman–Crippen LogP) is 1.77. The van der Waals surface area contributed by atoms with Gasteiger partial charge in [-0.25, -0.2) is 0 Å². The Bertz CT molecular complexity index is 314. The minimum Gasteiger partial charge on any atom is -0.393 e. The summed E-state index contributed by atoms with van der Waals surface area (Å²) in [6, 6.07) is 0.881. The van der Waals surface area contributed by atoms with Gasteiger partial charge in [0.05, 0.1) is 11.7 Å². The number of rotatable bonds is 3. The van der Waals surface area contributed by atoms with Crippen LogP contribution in [-0.4, -0.2) is 45.4 Å². The maximum Gasteiger partial charge on any atom is 0.0804 e. The first kappa shape index (κ1) is 12.9. The molecule has 2 N–H and O–H groups in total. The van der Waals surface area contributed by atoms with Gasteiger partial charge in [-0.15, -0.1) is 0 Å². The molecule has 0 aromatic heterocycles. The highest BCUT2D eigenvalue weighted by molar-refractivity contribution is 5.11. The molecule has 2 aliphatic carbocycles. The van der Waals surface area contributed by atoms with Gasteiger partial charge in [0.25, 0.3) is 0 Å². The fourth-order valence-electron chi connectivity index (χ4n) is 4.20. The van der Waals surface area contributed by atoms with Gasteiger partial charge in [0.1, 0.15) is 0 Å². The molecule has 3 heteroatoms. The molecule has 104 valence electrons. The van der Waals surface area contributed by atoms with Crippen LogP contribution >= 0.6 is 0 Å². The van der Waals surface area contributed by atoms with Crippen LogP contribution in [-0.2, 0) is 0 Å². The molecular formula is C15H27NO2. The highest BCUT2D eigenvalue weighted by Gasteiger charge is 2.56. The molecular weight excluding hydrogens is 226 g/mol. The molecule has 3 rings (SSSR count).